The molecule has 3 atom stereocenters. The molecule has 0 unspecified atom stereocenters. The van der Waals surface area contributed by atoms with E-state index in [-0.39, 0.29) is 13.0 Å². The van der Waals surface area contributed by atoms with Gasteiger partial charge in [-0.2, -0.15) is 0 Å². The van der Waals surface area contributed by atoms with Gasteiger partial charge in [-0.15, -0.1) is 0 Å². The topological polar surface area (TPSA) is 295 Å². The minimum atomic E-state index is -1.62. The summed E-state index contributed by atoms with van der Waals surface area (Å²) in [5.41, 5.74) is 15.9. The van der Waals surface area contributed by atoms with E-state index in [1.54, 1.807) is 30.3 Å². The zero-order valence-electron chi connectivity index (χ0n) is 21.3. The van der Waals surface area contributed by atoms with Gasteiger partial charge in [0, 0.05) is 6.42 Å². The Morgan fingerprint density at radius 3 is 1.73 bits per heavy atom. The molecule has 0 aliphatic carbocycles. The van der Waals surface area contributed by atoms with Crippen LogP contribution in [0.2, 0.25) is 0 Å². The summed E-state index contributed by atoms with van der Waals surface area (Å²) < 4.78 is 0. The predicted octanol–water partition coefficient (Wildman–Crippen LogP) is -5.29. The van der Waals surface area contributed by atoms with Crippen LogP contribution in [0.4, 0.5) is 0 Å². The number of carboxylic acid groups (broad SMARTS) is 1. The van der Waals surface area contributed by atoms with E-state index in [1.165, 1.54) is 0 Å². The molecular formula is C23H32N8O9. The number of hydrogen-bond acceptors (Lipinski definition) is 9. The van der Waals surface area contributed by atoms with Gasteiger partial charge in [0.1, 0.15) is 18.1 Å². The second kappa shape index (κ2) is 16.7. The molecular weight excluding hydrogens is 532 g/mol. The van der Waals surface area contributed by atoms with Gasteiger partial charge in [0.25, 0.3) is 0 Å². The lowest BCUT2D eigenvalue weighted by Gasteiger charge is -2.23. The number of nitrogens with one attached hydrogen (secondary N) is 5. The van der Waals surface area contributed by atoms with E-state index in [1.807, 2.05) is 5.32 Å². The first-order valence-electron chi connectivity index (χ1n) is 11.8. The van der Waals surface area contributed by atoms with Gasteiger partial charge in [0.2, 0.25) is 41.4 Å². The molecule has 0 saturated heterocycles. The summed E-state index contributed by atoms with van der Waals surface area (Å²) in [5, 5.41) is 20.2. The van der Waals surface area contributed by atoms with Crippen molar-refractivity contribution >= 4 is 47.3 Å². The maximum absolute atomic E-state index is 13.0. The largest absolute Gasteiger partial charge is 0.480 e. The number of carbonyl (C=O) groups excluding carboxylic acids is 7. The molecule has 0 heterocycles. The van der Waals surface area contributed by atoms with Crippen LogP contribution in [0, 0.1) is 0 Å². The lowest BCUT2D eigenvalue weighted by atomic mass is 10.0. The molecule has 1 aromatic carbocycles. The van der Waals surface area contributed by atoms with Gasteiger partial charge in [-0.3, -0.25) is 33.6 Å². The van der Waals surface area contributed by atoms with E-state index < -0.39 is 91.4 Å². The van der Waals surface area contributed by atoms with Crippen molar-refractivity contribution in [1.29, 1.82) is 0 Å². The minimum Gasteiger partial charge on any atom is -0.480 e. The van der Waals surface area contributed by atoms with Gasteiger partial charge in [-0.25, -0.2) is 4.79 Å². The standard InChI is InChI=1S/C23H32N8O9/c24-9-18(34)27-10-19(35)29-14(7-16(25)32)22(38)31-13(6-12-4-2-1-3-5-12)21(37)28-11-20(36)30-15(23(39)40)8-17(26)33/h1-5,13-15H,6-11,24H2,(H2,25,32)(H2,26,33)(H,27,34)(H,28,37)(H,29,35)(H,30,36)(H,31,38)(H,39,40)/t13-,14-,15-/m0/s1. The van der Waals surface area contributed by atoms with Crippen molar-refractivity contribution in [2.45, 2.75) is 37.4 Å². The molecule has 0 bridgehead atoms. The predicted molar refractivity (Wildman–Crippen MR) is 136 cm³/mol. The molecule has 1 aromatic rings. The Morgan fingerprint density at radius 1 is 0.675 bits per heavy atom. The Balaban J connectivity index is 2.98. The minimum absolute atomic E-state index is 0.0801. The molecule has 0 saturated carbocycles. The van der Waals surface area contributed by atoms with Crippen LogP contribution in [0.25, 0.3) is 0 Å². The molecule has 0 radical (unpaired) electrons. The number of rotatable bonds is 17. The van der Waals surface area contributed by atoms with Gasteiger partial charge in [-0.05, 0) is 5.56 Å². The Labute approximate surface area is 227 Å². The summed E-state index contributed by atoms with van der Waals surface area (Å²) in [4.78, 5) is 95.2. The third-order valence-corrected chi connectivity index (χ3v) is 5.07. The van der Waals surface area contributed by atoms with Crippen molar-refractivity contribution in [3.8, 4) is 0 Å². The fourth-order valence-corrected chi connectivity index (χ4v) is 3.18. The molecule has 0 fully saturated rings. The Bertz CT molecular complexity index is 1110. The maximum Gasteiger partial charge on any atom is 0.326 e. The van der Waals surface area contributed by atoms with Crippen LogP contribution >= 0.6 is 0 Å². The van der Waals surface area contributed by atoms with Crippen molar-refractivity contribution in [3.05, 3.63) is 35.9 Å². The second-order valence-electron chi connectivity index (χ2n) is 8.37. The zero-order valence-corrected chi connectivity index (χ0v) is 21.3. The fourth-order valence-electron chi connectivity index (χ4n) is 3.18. The highest BCUT2D eigenvalue weighted by Crippen LogP contribution is 2.05. The highest BCUT2D eigenvalue weighted by atomic mass is 16.4. The lowest BCUT2D eigenvalue weighted by molar-refractivity contribution is -0.143. The SMILES string of the molecule is NCC(=O)NCC(=O)N[C@@H](CC(N)=O)C(=O)N[C@@H](Cc1ccccc1)C(=O)NCC(=O)N[C@@H](CC(N)=O)C(=O)O. The first-order valence-corrected chi connectivity index (χ1v) is 11.8. The number of carbonyl (C=O) groups is 8. The van der Waals surface area contributed by atoms with E-state index in [4.69, 9.17) is 22.3 Å². The summed E-state index contributed by atoms with van der Waals surface area (Å²) in [5.74, 6) is -7.70. The van der Waals surface area contributed by atoms with Crippen LogP contribution in [0.1, 0.15) is 18.4 Å². The van der Waals surface area contributed by atoms with E-state index in [9.17, 15) is 38.4 Å². The number of primary amides is 2. The average molecular weight is 565 g/mol. The zero-order chi connectivity index (χ0) is 30.2. The Morgan fingerprint density at radius 2 is 1.20 bits per heavy atom. The molecule has 17 nitrogen and oxygen atoms in total. The summed E-state index contributed by atoms with van der Waals surface area (Å²) in [6.07, 6.45) is -1.39. The number of nitrogens with two attached hydrogens (primary N) is 3. The molecule has 218 valence electrons. The lowest BCUT2D eigenvalue weighted by Crippen LogP contribution is -2.57. The van der Waals surface area contributed by atoms with Crippen LogP contribution in [0.15, 0.2) is 30.3 Å². The molecule has 0 aliphatic heterocycles. The Kier molecular flexibility index (Phi) is 13.8. The molecule has 17 heteroatoms. The number of benzene rings is 1. The normalized spacial score (nSPS) is 12.5. The number of hydrogen-bond donors (Lipinski definition) is 9. The maximum atomic E-state index is 13.0. The number of amides is 7. The van der Waals surface area contributed by atoms with Gasteiger partial charge < -0.3 is 48.9 Å². The van der Waals surface area contributed by atoms with E-state index in [0.29, 0.717) is 5.56 Å². The van der Waals surface area contributed by atoms with Gasteiger partial charge in [-0.1, -0.05) is 30.3 Å². The van der Waals surface area contributed by atoms with Crippen LogP contribution < -0.4 is 43.8 Å². The molecule has 12 N–H and O–H groups in total. The van der Waals surface area contributed by atoms with Gasteiger partial charge >= 0.3 is 5.97 Å². The first-order chi connectivity index (χ1) is 18.8. The smallest absolute Gasteiger partial charge is 0.326 e. The monoisotopic (exact) mass is 564 g/mol. The van der Waals surface area contributed by atoms with Gasteiger partial charge in [0.05, 0.1) is 32.5 Å². The number of aliphatic carboxylic acids is 1. The quantitative estimate of drug-likeness (QED) is 0.0865. The highest BCUT2D eigenvalue weighted by molar-refractivity contribution is 5.96. The summed E-state index contributed by atoms with van der Waals surface area (Å²) in [7, 11) is 0. The van der Waals surface area contributed by atoms with E-state index >= 15 is 0 Å². The van der Waals surface area contributed by atoms with Crippen molar-refractivity contribution in [2.24, 2.45) is 17.2 Å². The van der Waals surface area contributed by atoms with Crippen molar-refractivity contribution in [3.63, 3.8) is 0 Å². The van der Waals surface area contributed by atoms with Crippen molar-refractivity contribution in [1.82, 2.24) is 26.6 Å². The molecule has 0 spiro atoms. The third kappa shape index (κ3) is 13.0. The first kappa shape index (κ1) is 33.0. The molecule has 40 heavy (non-hydrogen) atoms. The highest BCUT2D eigenvalue weighted by Gasteiger charge is 2.29. The number of carboxylic acids is 1. The van der Waals surface area contributed by atoms with E-state index in [0.717, 1.165) is 0 Å². The summed E-state index contributed by atoms with van der Waals surface area (Å²) in [6, 6.07) is 3.93. The van der Waals surface area contributed by atoms with Crippen LogP contribution in [0.5, 0.6) is 0 Å². The summed E-state index contributed by atoms with van der Waals surface area (Å²) >= 11 is 0. The van der Waals surface area contributed by atoms with Crippen molar-refractivity contribution in [2.75, 3.05) is 19.6 Å². The third-order valence-electron chi connectivity index (χ3n) is 5.07. The van der Waals surface area contributed by atoms with Gasteiger partial charge in [0.15, 0.2) is 0 Å². The molecule has 7 amide bonds. The van der Waals surface area contributed by atoms with Crippen molar-refractivity contribution < 1.29 is 43.5 Å². The molecule has 0 aliphatic rings. The second-order valence-corrected chi connectivity index (χ2v) is 8.37. The van der Waals surface area contributed by atoms with Crippen LogP contribution in [-0.4, -0.2) is 90.2 Å². The average Bonchev–Trinajstić information content (AvgIpc) is 2.89. The van der Waals surface area contributed by atoms with Crippen LogP contribution in [0.3, 0.4) is 0 Å². The van der Waals surface area contributed by atoms with Crippen LogP contribution in [-0.2, 0) is 44.8 Å². The van der Waals surface area contributed by atoms with E-state index in [2.05, 4.69) is 21.3 Å². The fraction of sp³-hybridized carbons (Fsp3) is 0.391. The molecule has 0 aromatic heterocycles. The summed E-state index contributed by atoms with van der Waals surface area (Å²) in [6.45, 7) is -1.64. The molecule has 1 rings (SSSR count). The Hall–Kier alpha value is -5.06.